The fraction of sp³-hybridized carbons (Fsp3) is 0.0526. The van der Waals surface area contributed by atoms with Crippen LogP contribution in [0.4, 0.5) is 4.39 Å². The normalized spacial score (nSPS) is 11.4. The molecular weight excluding hydrogens is 331 g/mol. The smallest absolute Gasteiger partial charge is 0.221 e. The highest BCUT2D eigenvalue weighted by molar-refractivity contribution is 5.70. The zero-order chi connectivity index (χ0) is 17.5. The monoisotopic (exact) mass is 344 g/mol. The van der Waals surface area contributed by atoms with Crippen molar-refractivity contribution in [2.45, 2.75) is 6.54 Å². The average Bonchev–Trinajstić information content (AvgIpc) is 3.29. The zero-order valence-corrected chi connectivity index (χ0v) is 13.6. The van der Waals surface area contributed by atoms with Crippen molar-refractivity contribution in [2.75, 3.05) is 0 Å². The van der Waals surface area contributed by atoms with Gasteiger partial charge in [-0.1, -0.05) is 5.21 Å². The predicted octanol–water partition coefficient (Wildman–Crippen LogP) is 3.33. The van der Waals surface area contributed by atoms with Gasteiger partial charge in [0.05, 0.1) is 18.4 Å². The summed E-state index contributed by atoms with van der Waals surface area (Å²) in [5.74, 6) is -0.282. The molecule has 0 spiro atoms. The molecule has 0 saturated heterocycles. The molecule has 6 nitrogen and oxygen atoms in total. The number of rotatable bonds is 3. The van der Waals surface area contributed by atoms with Gasteiger partial charge in [-0.15, -0.1) is 5.10 Å². The lowest BCUT2D eigenvalue weighted by Gasteiger charge is -2.05. The lowest BCUT2D eigenvalue weighted by molar-refractivity contribution is 0.628. The highest BCUT2D eigenvalue weighted by Crippen LogP contribution is 2.19. The topological polar surface area (TPSA) is 60.9 Å². The number of pyridine rings is 1. The van der Waals surface area contributed by atoms with E-state index in [0.29, 0.717) is 23.5 Å². The largest absolute Gasteiger partial charge is 0.324 e. The van der Waals surface area contributed by atoms with Gasteiger partial charge in [0.25, 0.3) is 0 Å². The van der Waals surface area contributed by atoms with Crippen LogP contribution in [0.5, 0.6) is 0 Å². The molecule has 0 radical (unpaired) electrons. The Hall–Kier alpha value is -3.61. The third-order valence-corrected chi connectivity index (χ3v) is 4.29. The average molecular weight is 344 g/mol. The molecule has 0 atom stereocenters. The Kier molecular flexibility index (Phi) is 3.24. The first-order chi connectivity index (χ1) is 12.8. The van der Waals surface area contributed by atoms with Crippen molar-refractivity contribution in [2.24, 2.45) is 0 Å². The van der Waals surface area contributed by atoms with Gasteiger partial charge >= 0.3 is 0 Å². The summed E-state index contributed by atoms with van der Waals surface area (Å²) in [4.78, 5) is 8.96. The third-order valence-electron chi connectivity index (χ3n) is 4.29. The van der Waals surface area contributed by atoms with Gasteiger partial charge in [0.2, 0.25) is 5.65 Å². The summed E-state index contributed by atoms with van der Waals surface area (Å²) in [6.07, 6.45) is 5.64. The molecule has 4 aromatic heterocycles. The van der Waals surface area contributed by atoms with Crippen LogP contribution in [-0.4, -0.2) is 29.4 Å². The number of halogens is 1. The van der Waals surface area contributed by atoms with Crippen molar-refractivity contribution in [1.29, 1.82) is 0 Å². The number of aromatic nitrogens is 6. The number of benzene rings is 1. The van der Waals surface area contributed by atoms with Crippen LogP contribution in [0.25, 0.3) is 28.1 Å². The van der Waals surface area contributed by atoms with E-state index in [2.05, 4.69) is 36.8 Å². The van der Waals surface area contributed by atoms with E-state index in [-0.39, 0.29) is 5.82 Å². The Labute approximate surface area is 147 Å². The first kappa shape index (κ1) is 14.7. The van der Waals surface area contributed by atoms with E-state index in [1.807, 2.05) is 24.5 Å². The second-order valence-electron chi connectivity index (χ2n) is 6.03. The Morgan fingerprint density at radius 2 is 1.88 bits per heavy atom. The van der Waals surface area contributed by atoms with Crippen LogP contribution in [0.2, 0.25) is 0 Å². The Morgan fingerprint density at radius 1 is 1.00 bits per heavy atom. The van der Waals surface area contributed by atoms with Crippen molar-refractivity contribution in [3.63, 3.8) is 0 Å². The SMILES string of the molecule is Fc1ccc(-c2cnc3nnn(Cc4ccn5cccc5c4)c3n2)cc1. The van der Waals surface area contributed by atoms with Gasteiger partial charge in [-0.25, -0.2) is 19.0 Å². The Morgan fingerprint density at radius 3 is 2.77 bits per heavy atom. The van der Waals surface area contributed by atoms with Crippen LogP contribution in [0.1, 0.15) is 5.56 Å². The second-order valence-corrected chi connectivity index (χ2v) is 6.03. The molecule has 0 aliphatic carbocycles. The predicted molar refractivity (Wildman–Crippen MR) is 95.0 cm³/mol. The van der Waals surface area contributed by atoms with Crippen LogP contribution in [0.3, 0.4) is 0 Å². The summed E-state index contributed by atoms with van der Waals surface area (Å²) in [7, 11) is 0. The molecule has 126 valence electrons. The maximum atomic E-state index is 13.1. The molecule has 0 unspecified atom stereocenters. The quantitative estimate of drug-likeness (QED) is 0.504. The van der Waals surface area contributed by atoms with Crippen LogP contribution in [0, 0.1) is 5.82 Å². The molecule has 0 aliphatic heterocycles. The fourth-order valence-corrected chi connectivity index (χ4v) is 2.97. The lowest BCUT2D eigenvalue weighted by Crippen LogP contribution is -2.04. The minimum absolute atomic E-state index is 0.282. The van der Waals surface area contributed by atoms with Crippen LogP contribution in [-0.2, 0) is 6.54 Å². The summed E-state index contributed by atoms with van der Waals surface area (Å²) >= 11 is 0. The van der Waals surface area contributed by atoms with Crippen molar-refractivity contribution in [3.8, 4) is 11.3 Å². The number of fused-ring (bicyclic) bond motifs is 2. The maximum Gasteiger partial charge on any atom is 0.221 e. The molecule has 0 N–H and O–H groups in total. The minimum atomic E-state index is -0.282. The first-order valence-corrected chi connectivity index (χ1v) is 8.14. The van der Waals surface area contributed by atoms with Gasteiger partial charge in [0.15, 0.2) is 5.65 Å². The van der Waals surface area contributed by atoms with Crippen molar-refractivity contribution < 1.29 is 4.39 Å². The van der Waals surface area contributed by atoms with Crippen LogP contribution in [0.15, 0.2) is 67.1 Å². The molecule has 5 rings (SSSR count). The van der Waals surface area contributed by atoms with Gasteiger partial charge in [0.1, 0.15) is 5.82 Å². The van der Waals surface area contributed by atoms with E-state index in [9.17, 15) is 4.39 Å². The maximum absolute atomic E-state index is 13.1. The number of hydrogen-bond donors (Lipinski definition) is 0. The zero-order valence-electron chi connectivity index (χ0n) is 13.6. The highest BCUT2D eigenvalue weighted by atomic mass is 19.1. The van der Waals surface area contributed by atoms with Gasteiger partial charge < -0.3 is 4.40 Å². The molecule has 0 aliphatic rings. The van der Waals surface area contributed by atoms with E-state index in [0.717, 1.165) is 16.6 Å². The van der Waals surface area contributed by atoms with E-state index >= 15 is 0 Å². The first-order valence-electron chi connectivity index (χ1n) is 8.14. The third kappa shape index (κ3) is 2.50. The lowest BCUT2D eigenvalue weighted by atomic mass is 10.1. The van der Waals surface area contributed by atoms with E-state index < -0.39 is 0 Å². The van der Waals surface area contributed by atoms with Gasteiger partial charge in [-0.05, 0) is 54.1 Å². The molecule has 0 saturated carbocycles. The second kappa shape index (κ2) is 5.73. The van der Waals surface area contributed by atoms with E-state index in [4.69, 9.17) is 0 Å². The summed E-state index contributed by atoms with van der Waals surface area (Å²) < 4.78 is 16.9. The fourth-order valence-electron chi connectivity index (χ4n) is 2.97. The molecule has 0 amide bonds. The number of hydrogen-bond acceptors (Lipinski definition) is 4. The molecule has 26 heavy (non-hydrogen) atoms. The van der Waals surface area contributed by atoms with Crippen molar-refractivity contribution in [3.05, 3.63) is 78.5 Å². The Bertz CT molecular complexity index is 1220. The van der Waals surface area contributed by atoms with Gasteiger partial charge in [-0.3, -0.25) is 0 Å². The van der Waals surface area contributed by atoms with Crippen LogP contribution < -0.4 is 0 Å². The summed E-state index contributed by atoms with van der Waals surface area (Å²) in [6, 6.07) is 14.4. The van der Waals surface area contributed by atoms with E-state index in [1.54, 1.807) is 23.0 Å². The van der Waals surface area contributed by atoms with Crippen molar-refractivity contribution >= 4 is 16.8 Å². The molecule has 1 aromatic carbocycles. The van der Waals surface area contributed by atoms with E-state index in [1.165, 1.54) is 12.1 Å². The molecule has 5 aromatic rings. The molecule has 0 bridgehead atoms. The summed E-state index contributed by atoms with van der Waals surface area (Å²) in [5, 5.41) is 8.27. The van der Waals surface area contributed by atoms with Crippen molar-refractivity contribution in [1.82, 2.24) is 29.4 Å². The molecule has 4 heterocycles. The Balaban J connectivity index is 1.54. The van der Waals surface area contributed by atoms with Gasteiger partial charge in [0, 0.05) is 23.5 Å². The standard InChI is InChI=1S/C19H13FN6/c20-15-5-3-14(4-6-15)17-11-21-18-19(22-17)26(24-23-18)12-13-7-9-25-8-1-2-16(25)10-13/h1-11H,12H2. The molecule has 0 fully saturated rings. The summed E-state index contributed by atoms with van der Waals surface area (Å²) in [6.45, 7) is 0.541. The van der Waals surface area contributed by atoms with Crippen LogP contribution >= 0.6 is 0 Å². The molecule has 7 heteroatoms. The van der Waals surface area contributed by atoms with Gasteiger partial charge in [-0.2, -0.15) is 0 Å². The summed E-state index contributed by atoms with van der Waals surface area (Å²) in [5.41, 5.74) is 4.75. The highest BCUT2D eigenvalue weighted by Gasteiger charge is 2.11. The number of nitrogens with zero attached hydrogens (tertiary/aromatic N) is 6. The molecular formula is C19H13FN6. The minimum Gasteiger partial charge on any atom is -0.324 e.